The van der Waals surface area contributed by atoms with Crippen LogP contribution in [0.3, 0.4) is 0 Å². The fourth-order valence-corrected chi connectivity index (χ4v) is 1.75. The van der Waals surface area contributed by atoms with Crippen LogP contribution in [-0.4, -0.2) is 17.0 Å². The van der Waals surface area contributed by atoms with Crippen LogP contribution in [0.25, 0.3) is 0 Å². The number of hydrogen-bond acceptors (Lipinski definition) is 3. The van der Waals surface area contributed by atoms with Crippen LogP contribution >= 0.6 is 0 Å². The van der Waals surface area contributed by atoms with E-state index in [9.17, 15) is 9.59 Å². The van der Waals surface area contributed by atoms with E-state index in [0.717, 1.165) is 11.1 Å². The van der Waals surface area contributed by atoms with Crippen molar-refractivity contribution in [1.29, 1.82) is 0 Å². The molecular weight excluding hydrogens is 220 g/mol. The van der Waals surface area contributed by atoms with Crippen LogP contribution in [0.15, 0.2) is 35.9 Å². The minimum Gasteiger partial charge on any atom is -0.478 e. The van der Waals surface area contributed by atoms with Gasteiger partial charge in [0.15, 0.2) is 0 Å². The summed E-state index contributed by atoms with van der Waals surface area (Å²) < 4.78 is 0. The van der Waals surface area contributed by atoms with E-state index < -0.39 is 5.97 Å². The maximum atomic E-state index is 11.1. The molecule has 1 amide bonds. The van der Waals surface area contributed by atoms with E-state index in [1.165, 1.54) is 6.08 Å². The molecule has 2 rings (SSSR count). The topological polar surface area (TPSA) is 78.4 Å². The molecule has 3 N–H and O–H groups in total. The van der Waals surface area contributed by atoms with E-state index in [-0.39, 0.29) is 17.5 Å². The van der Waals surface area contributed by atoms with Crippen molar-refractivity contribution >= 4 is 11.9 Å². The van der Waals surface area contributed by atoms with Gasteiger partial charge in [-0.3, -0.25) is 10.2 Å². The molecule has 1 aromatic rings. The van der Waals surface area contributed by atoms with Crippen LogP contribution in [0.4, 0.5) is 0 Å². The van der Waals surface area contributed by atoms with E-state index in [1.54, 1.807) is 24.3 Å². The number of carbonyl (C=O) groups excluding carboxylic acids is 1. The maximum Gasteiger partial charge on any atom is 0.335 e. The van der Waals surface area contributed by atoms with Crippen molar-refractivity contribution in [3.05, 3.63) is 47.0 Å². The normalized spacial score (nSPS) is 19.5. The van der Waals surface area contributed by atoms with Gasteiger partial charge in [-0.15, -0.1) is 0 Å². The summed E-state index contributed by atoms with van der Waals surface area (Å²) in [6.07, 6.45) is 1.52. The molecule has 0 bridgehead atoms. The zero-order valence-corrected chi connectivity index (χ0v) is 9.23. The lowest BCUT2D eigenvalue weighted by molar-refractivity contribution is -0.118. The summed E-state index contributed by atoms with van der Waals surface area (Å²) in [4.78, 5) is 21.8. The number of carboxylic acids is 1. The Bertz CT molecular complexity index is 491. The molecule has 1 aliphatic heterocycles. The Kier molecular flexibility index (Phi) is 2.93. The van der Waals surface area contributed by atoms with Gasteiger partial charge in [-0.05, 0) is 30.2 Å². The number of rotatable bonds is 2. The molecule has 0 saturated carbocycles. The molecule has 1 heterocycles. The monoisotopic (exact) mass is 232 g/mol. The van der Waals surface area contributed by atoms with Crippen molar-refractivity contribution in [2.24, 2.45) is 0 Å². The molecule has 1 aromatic carbocycles. The van der Waals surface area contributed by atoms with Gasteiger partial charge in [0.25, 0.3) is 5.91 Å². The highest BCUT2D eigenvalue weighted by Crippen LogP contribution is 2.22. The van der Waals surface area contributed by atoms with E-state index in [0.29, 0.717) is 0 Å². The number of hydrazine groups is 1. The predicted molar refractivity (Wildman–Crippen MR) is 61.2 cm³/mol. The molecule has 5 nitrogen and oxygen atoms in total. The first kappa shape index (κ1) is 11.3. The Labute approximate surface area is 98.1 Å². The van der Waals surface area contributed by atoms with Crippen LogP contribution in [-0.2, 0) is 4.79 Å². The fraction of sp³-hybridized carbons (Fsp3) is 0.167. The highest BCUT2D eigenvalue weighted by molar-refractivity contribution is 5.89. The molecule has 0 aromatic heterocycles. The second-order valence-corrected chi connectivity index (χ2v) is 3.88. The molecule has 0 fully saturated rings. The van der Waals surface area contributed by atoms with Gasteiger partial charge in [0.2, 0.25) is 0 Å². The van der Waals surface area contributed by atoms with Crippen molar-refractivity contribution in [3.8, 4) is 0 Å². The standard InChI is InChI=1S/C12H12N2O3/c1-7-6-10(15)13-14-11(7)8-2-4-9(5-3-8)12(16)17/h2-6,11,14H,1H3,(H,13,15)(H,16,17). The van der Waals surface area contributed by atoms with Crippen LogP contribution < -0.4 is 10.9 Å². The van der Waals surface area contributed by atoms with Gasteiger partial charge >= 0.3 is 5.97 Å². The van der Waals surface area contributed by atoms with Gasteiger partial charge in [0, 0.05) is 6.08 Å². The van der Waals surface area contributed by atoms with Crippen molar-refractivity contribution in [3.63, 3.8) is 0 Å². The second kappa shape index (κ2) is 4.39. The smallest absolute Gasteiger partial charge is 0.335 e. The summed E-state index contributed by atoms with van der Waals surface area (Å²) in [5.74, 6) is -1.13. The van der Waals surface area contributed by atoms with Gasteiger partial charge in [-0.1, -0.05) is 12.1 Å². The number of benzene rings is 1. The van der Waals surface area contributed by atoms with Crippen molar-refractivity contribution in [1.82, 2.24) is 10.9 Å². The Hall–Kier alpha value is -2.14. The zero-order valence-electron chi connectivity index (χ0n) is 9.23. The number of amides is 1. The van der Waals surface area contributed by atoms with Crippen molar-refractivity contribution in [2.45, 2.75) is 13.0 Å². The maximum absolute atomic E-state index is 11.1. The third-order valence-corrected chi connectivity index (χ3v) is 2.64. The molecule has 1 aliphatic rings. The minimum absolute atomic E-state index is 0.115. The molecule has 0 radical (unpaired) electrons. The molecule has 17 heavy (non-hydrogen) atoms. The Morgan fingerprint density at radius 3 is 2.47 bits per heavy atom. The predicted octanol–water partition coefficient (Wildman–Crippen LogP) is 1.01. The number of nitrogens with one attached hydrogen (secondary N) is 2. The molecule has 88 valence electrons. The highest BCUT2D eigenvalue weighted by Gasteiger charge is 2.19. The summed E-state index contributed by atoms with van der Waals surface area (Å²) in [5, 5.41) is 8.79. The third-order valence-electron chi connectivity index (χ3n) is 2.64. The van der Waals surface area contributed by atoms with Crippen molar-refractivity contribution < 1.29 is 14.7 Å². The highest BCUT2D eigenvalue weighted by atomic mass is 16.4. The van der Waals surface area contributed by atoms with Crippen molar-refractivity contribution in [2.75, 3.05) is 0 Å². The number of aromatic carboxylic acids is 1. The Morgan fingerprint density at radius 1 is 1.29 bits per heavy atom. The number of carboxylic acid groups (broad SMARTS) is 1. The quantitative estimate of drug-likeness (QED) is 0.711. The molecule has 1 unspecified atom stereocenters. The summed E-state index contributed by atoms with van der Waals surface area (Å²) in [6, 6.07) is 6.44. The van der Waals surface area contributed by atoms with Crippen LogP contribution in [0.2, 0.25) is 0 Å². The number of hydrogen-bond donors (Lipinski definition) is 3. The lowest BCUT2D eigenvalue weighted by Crippen LogP contribution is -2.43. The van der Waals surface area contributed by atoms with Gasteiger partial charge in [-0.2, -0.15) is 0 Å². The van der Waals surface area contributed by atoms with Gasteiger partial charge in [0.05, 0.1) is 11.6 Å². The van der Waals surface area contributed by atoms with Gasteiger partial charge in [-0.25, -0.2) is 10.2 Å². The first-order chi connectivity index (χ1) is 8.08. The van der Waals surface area contributed by atoms with Crippen LogP contribution in [0.1, 0.15) is 28.9 Å². The average molecular weight is 232 g/mol. The van der Waals surface area contributed by atoms with E-state index in [1.807, 2.05) is 6.92 Å². The fourth-order valence-electron chi connectivity index (χ4n) is 1.75. The summed E-state index contributed by atoms with van der Waals surface area (Å²) in [7, 11) is 0. The Morgan fingerprint density at radius 2 is 1.94 bits per heavy atom. The molecule has 0 saturated heterocycles. The molecular formula is C12H12N2O3. The van der Waals surface area contributed by atoms with E-state index >= 15 is 0 Å². The van der Waals surface area contributed by atoms with E-state index in [4.69, 9.17) is 5.11 Å². The minimum atomic E-state index is -0.950. The number of carbonyl (C=O) groups is 2. The second-order valence-electron chi connectivity index (χ2n) is 3.88. The van der Waals surface area contributed by atoms with Gasteiger partial charge < -0.3 is 5.11 Å². The van der Waals surface area contributed by atoms with Crippen LogP contribution in [0.5, 0.6) is 0 Å². The zero-order chi connectivity index (χ0) is 12.4. The lowest BCUT2D eigenvalue weighted by Gasteiger charge is -2.24. The summed E-state index contributed by atoms with van der Waals surface area (Å²) >= 11 is 0. The molecule has 1 atom stereocenters. The molecule has 0 aliphatic carbocycles. The Balaban J connectivity index is 2.26. The average Bonchev–Trinajstić information content (AvgIpc) is 2.29. The van der Waals surface area contributed by atoms with Crippen LogP contribution in [0, 0.1) is 0 Å². The molecule has 0 spiro atoms. The van der Waals surface area contributed by atoms with Gasteiger partial charge in [0.1, 0.15) is 0 Å². The summed E-state index contributed by atoms with van der Waals surface area (Å²) in [6.45, 7) is 1.85. The first-order valence-electron chi connectivity index (χ1n) is 5.15. The lowest BCUT2D eigenvalue weighted by atomic mass is 9.98. The first-order valence-corrected chi connectivity index (χ1v) is 5.15. The van der Waals surface area contributed by atoms with E-state index in [2.05, 4.69) is 10.9 Å². The summed E-state index contributed by atoms with van der Waals surface area (Å²) in [5.41, 5.74) is 7.42. The molecule has 5 heteroatoms. The largest absolute Gasteiger partial charge is 0.478 e. The SMILES string of the molecule is CC1=CC(=O)NNC1c1ccc(C(=O)O)cc1. The third kappa shape index (κ3) is 2.34.